The summed E-state index contributed by atoms with van der Waals surface area (Å²) in [4.78, 5) is 23.4. The molecule has 0 saturated heterocycles. The maximum atomic E-state index is 11.6. The van der Waals surface area contributed by atoms with Crippen LogP contribution in [0.5, 0.6) is 0 Å². The van der Waals surface area contributed by atoms with Crippen LogP contribution in [0.25, 0.3) is 0 Å². The van der Waals surface area contributed by atoms with Crippen LogP contribution in [-0.4, -0.2) is 29.3 Å². The minimum atomic E-state index is -0.985. The predicted molar refractivity (Wildman–Crippen MR) is 84.3 cm³/mol. The summed E-state index contributed by atoms with van der Waals surface area (Å²) in [6, 6.07) is 5.05. The fourth-order valence-electron chi connectivity index (χ4n) is 1.46. The second-order valence-electron chi connectivity index (χ2n) is 4.77. The molecular formula is C14H18BrNO3S. The van der Waals surface area contributed by atoms with Crippen LogP contribution in [0.15, 0.2) is 27.6 Å². The van der Waals surface area contributed by atoms with Crippen molar-refractivity contribution in [3.63, 3.8) is 0 Å². The van der Waals surface area contributed by atoms with Gasteiger partial charge in [0, 0.05) is 15.9 Å². The summed E-state index contributed by atoms with van der Waals surface area (Å²) in [6.07, 6.45) is 0.956. The molecule has 1 aromatic rings. The molecule has 0 unspecified atom stereocenters. The van der Waals surface area contributed by atoms with E-state index in [2.05, 4.69) is 35.1 Å². The van der Waals surface area contributed by atoms with Crippen molar-refractivity contribution in [2.24, 2.45) is 5.92 Å². The highest BCUT2D eigenvalue weighted by molar-refractivity contribution is 9.10. The van der Waals surface area contributed by atoms with Gasteiger partial charge in [-0.25, -0.2) is 4.79 Å². The van der Waals surface area contributed by atoms with Crippen molar-refractivity contribution in [1.29, 1.82) is 0 Å². The first-order valence-corrected chi connectivity index (χ1v) is 8.10. The van der Waals surface area contributed by atoms with E-state index in [4.69, 9.17) is 5.11 Å². The number of aromatic carboxylic acids is 1. The molecule has 0 aliphatic carbocycles. The predicted octanol–water partition coefficient (Wildman–Crippen LogP) is 3.40. The number of halogens is 1. The molecule has 4 nitrogen and oxygen atoms in total. The molecule has 0 heterocycles. The first-order valence-electron chi connectivity index (χ1n) is 6.32. The zero-order chi connectivity index (χ0) is 15.1. The zero-order valence-electron chi connectivity index (χ0n) is 11.5. The largest absolute Gasteiger partial charge is 0.478 e. The van der Waals surface area contributed by atoms with E-state index in [9.17, 15) is 9.59 Å². The van der Waals surface area contributed by atoms with Gasteiger partial charge in [0.25, 0.3) is 0 Å². The molecule has 0 aliphatic rings. The topological polar surface area (TPSA) is 66.4 Å². The zero-order valence-corrected chi connectivity index (χ0v) is 13.9. The summed E-state index contributed by atoms with van der Waals surface area (Å²) < 4.78 is 0.538. The van der Waals surface area contributed by atoms with Crippen molar-refractivity contribution in [2.45, 2.75) is 25.2 Å². The van der Waals surface area contributed by atoms with Gasteiger partial charge in [0.1, 0.15) is 0 Å². The second kappa shape index (κ2) is 8.32. The number of benzene rings is 1. The second-order valence-corrected chi connectivity index (χ2v) is 6.67. The lowest BCUT2D eigenvalue weighted by molar-refractivity contribution is -0.118. The summed E-state index contributed by atoms with van der Waals surface area (Å²) >= 11 is 4.52. The van der Waals surface area contributed by atoms with E-state index in [1.807, 2.05) is 0 Å². The fourth-order valence-corrected chi connectivity index (χ4v) is 2.64. The summed E-state index contributed by atoms with van der Waals surface area (Å²) in [6.45, 7) is 4.89. The number of hydrogen-bond acceptors (Lipinski definition) is 3. The number of carboxylic acids is 1. The number of rotatable bonds is 7. The maximum absolute atomic E-state index is 11.6. The Kier molecular flexibility index (Phi) is 7.09. The number of thioether (sulfide) groups is 1. The van der Waals surface area contributed by atoms with E-state index >= 15 is 0 Å². The third-order valence-corrected chi connectivity index (χ3v) is 4.27. The average Bonchev–Trinajstić information content (AvgIpc) is 2.37. The molecule has 0 aromatic heterocycles. The Hall–Kier alpha value is -1.01. The minimum Gasteiger partial charge on any atom is -0.478 e. The quantitative estimate of drug-likeness (QED) is 0.732. The molecule has 0 radical (unpaired) electrons. The van der Waals surface area contributed by atoms with Crippen LogP contribution in [0, 0.1) is 5.92 Å². The Labute approximate surface area is 131 Å². The van der Waals surface area contributed by atoms with Crippen LogP contribution in [0.2, 0.25) is 0 Å². The van der Waals surface area contributed by atoms with Crippen molar-refractivity contribution in [2.75, 3.05) is 12.3 Å². The van der Waals surface area contributed by atoms with Crippen molar-refractivity contribution in [1.82, 2.24) is 5.32 Å². The molecule has 0 saturated carbocycles. The van der Waals surface area contributed by atoms with Gasteiger partial charge in [0.2, 0.25) is 5.91 Å². The van der Waals surface area contributed by atoms with E-state index in [1.54, 1.807) is 18.2 Å². The number of nitrogens with one attached hydrogen (secondary N) is 1. The minimum absolute atomic E-state index is 0.0320. The molecule has 110 valence electrons. The third kappa shape index (κ3) is 5.96. The van der Waals surface area contributed by atoms with E-state index in [-0.39, 0.29) is 11.5 Å². The average molecular weight is 360 g/mol. The molecule has 0 fully saturated rings. The van der Waals surface area contributed by atoms with E-state index in [0.29, 0.717) is 22.7 Å². The molecule has 1 aromatic carbocycles. The smallest absolute Gasteiger partial charge is 0.336 e. The Morgan fingerprint density at radius 2 is 2.10 bits per heavy atom. The lowest BCUT2D eigenvalue weighted by Crippen LogP contribution is -2.26. The standard InChI is InChI=1S/C14H18BrNO3S/c1-9(2)5-6-16-13(17)8-20-10-3-4-12(15)11(7-10)14(18)19/h3-4,7,9H,5-6,8H2,1-2H3,(H,16,17)(H,18,19). The van der Waals surface area contributed by atoms with Gasteiger partial charge in [-0.05, 0) is 46.5 Å². The van der Waals surface area contributed by atoms with Gasteiger partial charge >= 0.3 is 5.97 Å². The number of carbonyl (C=O) groups is 2. The Bertz CT molecular complexity index is 491. The molecule has 0 bridgehead atoms. The Morgan fingerprint density at radius 3 is 2.70 bits per heavy atom. The molecule has 0 atom stereocenters. The Morgan fingerprint density at radius 1 is 1.40 bits per heavy atom. The maximum Gasteiger partial charge on any atom is 0.336 e. The van der Waals surface area contributed by atoms with Crippen molar-refractivity contribution in [3.05, 3.63) is 28.2 Å². The van der Waals surface area contributed by atoms with Gasteiger partial charge in [-0.2, -0.15) is 0 Å². The van der Waals surface area contributed by atoms with Crippen LogP contribution >= 0.6 is 27.7 Å². The highest BCUT2D eigenvalue weighted by Gasteiger charge is 2.10. The molecule has 20 heavy (non-hydrogen) atoms. The van der Waals surface area contributed by atoms with Crippen LogP contribution in [0.3, 0.4) is 0 Å². The third-order valence-electron chi connectivity index (χ3n) is 2.58. The molecular weight excluding hydrogens is 342 g/mol. The number of carboxylic acid groups (broad SMARTS) is 1. The molecule has 0 spiro atoms. The number of hydrogen-bond donors (Lipinski definition) is 2. The fraction of sp³-hybridized carbons (Fsp3) is 0.429. The van der Waals surface area contributed by atoms with Gasteiger partial charge < -0.3 is 10.4 Å². The van der Waals surface area contributed by atoms with Gasteiger partial charge in [-0.15, -0.1) is 11.8 Å². The van der Waals surface area contributed by atoms with E-state index in [1.165, 1.54) is 11.8 Å². The normalized spacial score (nSPS) is 10.6. The summed E-state index contributed by atoms with van der Waals surface area (Å²) in [5, 5.41) is 11.9. The first-order chi connectivity index (χ1) is 9.40. The van der Waals surface area contributed by atoms with E-state index < -0.39 is 5.97 Å². The van der Waals surface area contributed by atoms with Gasteiger partial charge in [-0.1, -0.05) is 13.8 Å². The Balaban J connectivity index is 2.47. The van der Waals surface area contributed by atoms with Crippen LogP contribution in [-0.2, 0) is 4.79 Å². The number of amides is 1. The molecule has 1 rings (SSSR count). The van der Waals surface area contributed by atoms with Gasteiger partial charge in [-0.3, -0.25) is 4.79 Å². The van der Waals surface area contributed by atoms with Crippen LogP contribution < -0.4 is 5.32 Å². The summed E-state index contributed by atoms with van der Waals surface area (Å²) in [5.41, 5.74) is 0.204. The summed E-state index contributed by atoms with van der Waals surface area (Å²) in [7, 11) is 0. The van der Waals surface area contributed by atoms with Crippen LogP contribution in [0.4, 0.5) is 0 Å². The van der Waals surface area contributed by atoms with Crippen LogP contribution in [0.1, 0.15) is 30.6 Å². The molecule has 1 amide bonds. The highest BCUT2D eigenvalue weighted by atomic mass is 79.9. The lowest BCUT2D eigenvalue weighted by atomic mass is 10.1. The van der Waals surface area contributed by atoms with Gasteiger partial charge in [0.05, 0.1) is 11.3 Å². The van der Waals surface area contributed by atoms with Crippen molar-refractivity contribution in [3.8, 4) is 0 Å². The monoisotopic (exact) mass is 359 g/mol. The van der Waals surface area contributed by atoms with Crippen molar-refractivity contribution >= 4 is 39.6 Å². The van der Waals surface area contributed by atoms with Gasteiger partial charge in [0.15, 0.2) is 0 Å². The highest BCUT2D eigenvalue weighted by Crippen LogP contribution is 2.24. The molecule has 6 heteroatoms. The summed E-state index contributed by atoms with van der Waals surface area (Å²) in [5.74, 6) is -0.164. The van der Waals surface area contributed by atoms with E-state index in [0.717, 1.165) is 11.3 Å². The number of carbonyl (C=O) groups excluding carboxylic acids is 1. The molecule has 2 N–H and O–H groups in total. The first kappa shape index (κ1) is 17.0. The van der Waals surface area contributed by atoms with Crippen molar-refractivity contribution < 1.29 is 14.7 Å². The lowest BCUT2D eigenvalue weighted by Gasteiger charge is -2.07. The SMILES string of the molecule is CC(C)CCNC(=O)CSc1ccc(Br)c(C(=O)O)c1. The molecule has 0 aliphatic heterocycles.